The fraction of sp³-hybridized carbons (Fsp3) is 0.345. The lowest BCUT2D eigenvalue weighted by atomic mass is 10.0. The topological polar surface area (TPSA) is 191 Å². The van der Waals surface area contributed by atoms with Gasteiger partial charge in [-0.05, 0) is 132 Å². The van der Waals surface area contributed by atoms with Gasteiger partial charge in [-0.1, -0.05) is 34.4 Å². The number of esters is 1. The van der Waals surface area contributed by atoms with Crippen LogP contribution in [-0.4, -0.2) is 89.1 Å². The fourth-order valence-electron chi connectivity index (χ4n) is 8.10. The normalized spacial score (nSPS) is 14.6. The molecule has 0 spiro atoms. The number of likely N-dealkylation sites (N-methyl/N-ethyl adjacent to an activating group) is 1. The number of halogens is 5. The molecule has 7 rings (SSSR count). The number of hydrogen-bond acceptors (Lipinski definition) is 11. The molecule has 16 nitrogen and oxygen atoms in total. The van der Waals surface area contributed by atoms with Crippen LogP contribution in [0.5, 0.6) is 28.7 Å². The first-order chi connectivity index (χ1) is 35.4. The molecule has 76 heavy (non-hydrogen) atoms. The van der Waals surface area contributed by atoms with Gasteiger partial charge in [-0.15, -0.1) is 0 Å². The zero-order valence-electron chi connectivity index (χ0n) is 44.1. The van der Waals surface area contributed by atoms with Crippen LogP contribution in [0.25, 0.3) is 0 Å². The first-order valence-corrected chi connectivity index (χ1v) is 23.7. The smallest absolute Gasteiger partial charge is 0.356 e. The van der Waals surface area contributed by atoms with Crippen LogP contribution in [0, 0.1) is 70.6 Å². The molecule has 2 aliphatic rings. The van der Waals surface area contributed by atoms with E-state index in [1.165, 1.54) is 36.1 Å². The quantitative estimate of drug-likeness (QED) is 0.0353. The average Bonchev–Trinajstić information content (AvgIpc) is 3.35. The Bertz CT molecular complexity index is 3100. The van der Waals surface area contributed by atoms with Gasteiger partial charge in [0, 0.05) is 40.4 Å². The van der Waals surface area contributed by atoms with Crippen molar-refractivity contribution in [3.05, 3.63) is 145 Å². The van der Waals surface area contributed by atoms with Crippen LogP contribution in [0.4, 0.5) is 22.0 Å². The summed E-state index contributed by atoms with van der Waals surface area (Å²) in [5.41, 5.74) is 9.39. The number of nitrogens with zero attached hydrogens (tertiary/aromatic N) is 2. The van der Waals surface area contributed by atoms with Crippen molar-refractivity contribution in [3.8, 4) is 28.7 Å². The summed E-state index contributed by atoms with van der Waals surface area (Å²) in [5.74, 6) is -16.4. The number of nitrogens with one attached hydrogen (secondary N) is 3. The van der Waals surface area contributed by atoms with Gasteiger partial charge in [0.2, 0.25) is 47.0 Å². The summed E-state index contributed by atoms with van der Waals surface area (Å²) in [5, 5.41) is 5.06. The largest absolute Gasteiger partial charge is 0.485 e. The fourth-order valence-corrected chi connectivity index (χ4v) is 8.10. The number of carbonyl (C=O) groups is 6. The standard InChI is InChI=1S/C30H27F5N2O6.C25H31N3O5/c1-13-9-14(2)11-16(10-13)28(39)37(30(4,5)6)36-27(38)17-7-8-18-25(15(17)3)42-19(12-41-18)29(40)43-26-23(34)21(32)20(31)22(33)24(26)35;1-14-10-15(2)12-17(11-14)24(31)28(25(4,5)6)27-22(29)18-8-9-19-21(16(18)3)33-20(13-32-19)23(30)26-7/h7-11,19H,12H2,1-6H3,(H,36,38);8-12,20H,13H2,1-7H3,(H,26,30)(H,27,29)/t19-;20-/m11/s1. The third-order valence-corrected chi connectivity index (χ3v) is 11.8. The van der Waals surface area contributed by atoms with E-state index in [2.05, 4.69) is 20.9 Å². The molecule has 0 saturated carbocycles. The molecule has 5 aromatic rings. The van der Waals surface area contributed by atoms with Crippen molar-refractivity contribution in [3.63, 3.8) is 0 Å². The molecule has 0 aliphatic carbocycles. The molecule has 3 N–H and O–H groups in total. The van der Waals surface area contributed by atoms with E-state index in [9.17, 15) is 50.7 Å². The van der Waals surface area contributed by atoms with Gasteiger partial charge in [-0.3, -0.25) is 34.8 Å². The number of ether oxygens (including phenoxy) is 5. The van der Waals surface area contributed by atoms with Gasteiger partial charge in [-0.25, -0.2) is 28.0 Å². The lowest BCUT2D eigenvalue weighted by molar-refractivity contribution is -0.145. The molecule has 0 fully saturated rings. The highest BCUT2D eigenvalue weighted by atomic mass is 19.2. The molecule has 2 aliphatic heterocycles. The molecule has 2 atom stereocenters. The first-order valence-electron chi connectivity index (χ1n) is 23.7. The molecule has 5 amide bonds. The second-order valence-electron chi connectivity index (χ2n) is 20.2. The third-order valence-electron chi connectivity index (χ3n) is 11.8. The molecule has 0 radical (unpaired) electrons. The van der Waals surface area contributed by atoms with E-state index in [-0.39, 0.29) is 41.0 Å². The Balaban J connectivity index is 0.000000255. The number of fused-ring (bicyclic) bond motifs is 2. The van der Waals surface area contributed by atoms with Crippen LogP contribution < -0.4 is 39.9 Å². The SMILES string of the molecule is CNC(=O)[C@H]1COc2ccc(C(=O)NN(C(=O)c3cc(C)cc(C)c3)C(C)(C)C)c(C)c2O1.Cc1cc(C)cc(C(=O)N(NC(=O)c2ccc3c(c2C)O[C@@H](C(=O)Oc2c(F)c(F)c(F)c(F)c2F)CO3)C(C)(C)C)c1. The van der Waals surface area contributed by atoms with E-state index >= 15 is 0 Å². The van der Waals surface area contributed by atoms with Crippen LogP contribution >= 0.6 is 0 Å². The predicted octanol–water partition coefficient (Wildman–Crippen LogP) is 8.72. The Kier molecular flexibility index (Phi) is 16.8. The molecule has 0 saturated heterocycles. The Morgan fingerprint density at radius 3 is 1.26 bits per heavy atom. The van der Waals surface area contributed by atoms with Crippen LogP contribution in [0.2, 0.25) is 0 Å². The first kappa shape index (κ1) is 57.1. The highest BCUT2D eigenvalue weighted by Crippen LogP contribution is 2.39. The highest BCUT2D eigenvalue weighted by molar-refractivity contribution is 6.02. The second kappa shape index (κ2) is 22.3. The van der Waals surface area contributed by atoms with Crippen molar-refractivity contribution in [2.24, 2.45) is 0 Å². The van der Waals surface area contributed by atoms with Crippen LogP contribution in [0.15, 0.2) is 60.7 Å². The molecule has 0 aromatic heterocycles. The maximum atomic E-state index is 14.0. The number of carbonyl (C=O) groups excluding carboxylic acids is 6. The van der Waals surface area contributed by atoms with Crippen LogP contribution in [0.3, 0.4) is 0 Å². The van der Waals surface area contributed by atoms with Gasteiger partial charge in [0.05, 0.1) is 11.1 Å². The number of amides is 5. The Labute approximate surface area is 435 Å². The molecule has 404 valence electrons. The van der Waals surface area contributed by atoms with Gasteiger partial charge in [0.25, 0.3) is 29.5 Å². The van der Waals surface area contributed by atoms with Gasteiger partial charge in [-0.2, -0.15) is 8.78 Å². The van der Waals surface area contributed by atoms with Crippen molar-refractivity contribution in [1.29, 1.82) is 0 Å². The van der Waals surface area contributed by atoms with Gasteiger partial charge in [0.1, 0.15) is 13.2 Å². The monoisotopic (exact) mass is 1060 g/mol. The lowest BCUT2D eigenvalue weighted by Gasteiger charge is -2.36. The summed E-state index contributed by atoms with van der Waals surface area (Å²) in [6, 6.07) is 16.9. The minimum atomic E-state index is -2.41. The molecular weight excluding hydrogens is 1000 g/mol. The predicted molar refractivity (Wildman–Crippen MR) is 267 cm³/mol. The maximum absolute atomic E-state index is 14.0. The molecule has 2 heterocycles. The van der Waals surface area contributed by atoms with Crippen molar-refractivity contribution >= 4 is 35.5 Å². The summed E-state index contributed by atoms with van der Waals surface area (Å²) >= 11 is 0. The Morgan fingerprint density at radius 2 is 0.895 bits per heavy atom. The molecule has 0 unspecified atom stereocenters. The number of rotatable bonds is 7. The number of aryl methyl sites for hydroxylation is 4. The second-order valence-corrected chi connectivity index (χ2v) is 20.2. The summed E-state index contributed by atoms with van der Waals surface area (Å²) in [7, 11) is 1.52. The van der Waals surface area contributed by atoms with Crippen molar-refractivity contribution in [1.82, 2.24) is 26.2 Å². The highest BCUT2D eigenvalue weighted by Gasteiger charge is 2.37. The zero-order chi connectivity index (χ0) is 56.5. The van der Waals surface area contributed by atoms with Gasteiger partial charge < -0.3 is 29.0 Å². The summed E-state index contributed by atoms with van der Waals surface area (Å²) in [6.45, 7) is 21.0. The Morgan fingerprint density at radius 1 is 0.539 bits per heavy atom. The Hall–Kier alpha value is -8.23. The maximum Gasteiger partial charge on any atom is 0.356 e. The summed E-state index contributed by atoms with van der Waals surface area (Å²) < 4.78 is 95.5. The van der Waals surface area contributed by atoms with Crippen molar-refractivity contribution in [2.75, 3.05) is 20.3 Å². The zero-order valence-corrected chi connectivity index (χ0v) is 44.1. The lowest BCUT2D eigenvalue weighted by Crippen LogP contribution is -2.56. The van der Waals surface area contributed by atoms with E-state index in [1.54, 1.807) is 64.1 Å². The van der Waals surface area contributed by atoms with E-state index in [0.717, 1.165) is 22.3 Å². The van der Waals surface area contributed by atoms with Crippen molar-refractivity contribution in [2.45, 2.75) is 106 Å². The molecule has 5 aromatic carbocycles. The van der Waals surface area contributed by atoms with E-state index in [0.29, 0.717) is 33.8 Å². The average molecular weight is 1060 g/mol. The number of hydrazine groups is 2. The molecule has 0 bridgehead atoms. The van der Waals surface area contributed by atoms with E-state index in [1.807, 2.05) is 60.6 Å². The van der Waals surface area contributed by atoms with E-state index < -0.39 is 88.4 Å². The van der Waals surface area contributed by atoms with Crippen molar-refractivity contribution < 1.29 is 74.4 Å². The van der Waals surface area contributed by atoms with E-state index in [4.69, 9.17) is 18.9 Å². The van der Waals surface area contributed by atoms with Gasteiger partial charge >= 0.3 is 5.97 Å². The summed E-state index contributed by atoms with van der Waals surface area (Å²) in [4.78, 5) is 78.1. The van der Waals surface area contributed by atoms with Crippen LogP contribution in [0.1, 0.15) is 116 Å². The summed E-state index contributed by atoms with van der Waals surface area (Å²) in [6.07, 6.45) is -2.51. The molecular formula is C55H58F5N5O11. The van der Waals surface area contributed by atoms with Gasteiger partial charge in [0.15, 0.2) is 23.0 Å². The minimum absolute atomic E-state index is 0.0265. The number of hydrogen-bond donors (Lipinski definition) is 3. The number of benzene rings is 5. The molecule has 21 heteroatoms. The minimum Gasteiger partial charge on any atom is -0.485 e. The van der Waals surface area contributed by atoms with Crippen LogP contribution in [-0.2, 0) is 9.59 Å². The third kappa shape index (κ3) is 12.3.